The van der Waals surface area contributed by atoms with Gasteiger partial charge in [0.1, 0.15) is 11.5 Å². The minimum atomic E-state index is -3.59. The van der Waals surface area contributed by atoms with Crippen molar-refractivity contribution >= 4 is 7.82 Å². The Morgan fingerprint density at radius 1 is 1.15 bits per heavy atom. The topological polar surface area (TPSA) is 44.8 Å². The summed E-state index contributed by atoms with van der Waals surface area (Å²) in [7, 11) is -3.59. The third-order valence-corrected chi connectivity index (χ3v) is 4.41. The number of hydrogen-bond donors (Lipinski definition) is 0. The van der Waals surface area contributed by atoms with Gasteiger partial charge in [0.05, 0.1) is 6.61 Å². The summed E-state index contributed by atoms with van der Waals surface area (Å²) in [5.74, 6) is 1.03. The van der Waals surface area contributed by atoms with E-state index < -0.39 is 7.82 Å². The first-order valence-electron chi connectivity index (χ1n) is 6.49. The van der Waals surface area contributed by atoms with Gasteiger partial charge < -0.3 is 9.05 Å². The van der Waals surface area contributed by atoms with Crippen LogP contribution in [0.3, 0.4) is 0 Å². The molecule has 1 atom stereocenters. The molecule has 4 nitrogen and oxygen atoms in total. The standard InChI is InChI=1S/C15H15O4P/c1-2-12-7-9-14(10-8-12)18-20(16)17-11-13-5-3-4-6-15(13)19-20/h3-10H,2,11H2,1H3. The average molecular weight is 290 g/mol. The SMILES string of the molecule is CCc1ccc(OP2(=O)OCc3ccccc3O2)cc1. The third-order valence-electron chi connectivity index (χ3n) is 3.11. The van der Waals surface area contributed by atoms with Gasteiger partial charge in [-0.1, -0.05) is 37.3 Å². The lowest BCUT2D eigenvalue weighted by atomic mass is 10.2. The minimum Gasteiger partial charge on any atom is -0.395 e. The Kier molecular flexibility index (Phi) is 3.51. The van der Waals surface area contributed by atoms with Gasteiger partial charge in [0.15, 0.2) is 0 Å². The molecule has 0 spiro atoms. The maximum Gasteiger partial charge on any atom is 0.587 e. The Morgan fingerprint density at radius 2 is 1.90 bits per heavy atom. The molecule has 0 aliphatic carbocycles. The van der Waals surface area contributed by atoms with Gasteiger partial charge in [0.2, 0.25) is 0 Å². The van der Waals surface area contributed by atoms with Crippen molar-refractivity contribution in [1.29, 1.82) is 0 Å². The highest BCUT2D eigenvalue weighted by Gasteiger charge is 2.35. The van der Waals surface area contributed by atoms with E-state index in [9.17, 15) is 4.57 Å². The molecule has 2 aromatic carbocycles. The van der Waals surface area contributed by atoms with E-state index in [4.69, 9.17) is 13.6 Å². The molecule has 104 valence electrons. The first-order chi connectivity index (χ1) is 9.68. The van der Waals surface area contributed by atoms with Crippen LogP contribution in [0.15, 0.2) is 48.5 Å². The van der Waals surface area contributed by atoms with Crippen LogP contribution in [-0.4, -0.2) is 0 Å². The molecule has 0 aromatic heterocycles. The number of para-hydroxylation sites is 1. The van der Waals surface area contributed by atoms with E-state index in [1.807, 2.05) is 30.3 Å². The van der Waals surface area contributed by atoms with Gasteiger partial charge in [0, 0.05) is 5.56 Å². The summed E-state index contributed by atoms with van der Waals surface area (Å²) in [5, 5.41) is 0. The first-order valence-corrected chi connectivity index (χ1v) is 7.95. The van der Waals surface area contributed by atoms with Crippen LogP contribution >= 0.6 is 7.82 Å². The quantitative estimate of drug-likeness (QED) is 0.788. The van der Waals surface area contributed by atoms with E-state index in [0.29, 0.717) is 11.5 Å². The van der Waals surface area contributed by atoms with Crippen LogP contribution in [0.25, 0.3) is 0 Å². The molecule has 0 amide bonds. The lowest BCUT2D eigenvalue weighted by Gasteiger charge is -2.24. The van der Waals surface area contributed by atoms with Crippen molar-refractivity contribution in [3.63, 3.8) is 0 Å². The van der Waals surface area contributed by atoms with Crippen LogP contribution in [0.1, 0.15) is 18.1 Å². The monoisotopic (exact) mass is 290 g/mol. The molecule has 1 unspecified atom stereocenters. The highest BCUT2D eigenvalue weighted by atomic mass is 31.2. The number of fused-ring (bicyclic) bond motifs is 1. The maximum atomic E-state index is 12.5. The summed E-state index contributed by atoms with van der Waals surface area (Å²) >= 11 is 0. The van der Waals surface area contributed by atoms with Crippen molar-refractivity contribution in [3.8, 4) is 11.5 Å². The fourth-order valence-corrected chi connectivity index (χ4v) is 3.21. The van der Waals surface area contributed by atoms with Crippen molar-refractivity contribution in [2.45, 2.75) is 20.0 Å². The van der Waals surface area contributed by atoms with Crippen LogP contribution in [-0.2, 0) is 22.1 Å². The normalized spacial score (nSPS) is 20.9. The zero-order valence-corrected chi connectivity index (χ0v) is 12.0. The fraction of sp³-hybridized carbons (Fsp3) is 0.200. The molecule has 0 radical (unpaired) electrons. The van der Waals surface area contributed by atoms with E-state index in [2.05, 4.69) is 6.92 Å². The van der Waals surface area contributed by atoms with Gasteiger partial charge in [-0.05, 0) is 30.2 Å². The van der Waals surface area contributed by atoms with Crippen molar-refractivity contribution in [1.82, 2.24) is 0 Å². The molecule has 3 rings (SSSR count). The van der Waals surface area contributed by atoms with E-state index in [1.165, 1.54) is 5.56 Å². The zero-order chi connectivity index (χ0) is 14.0. The molecule has 1 aliphatic rings. The number of rotatable bonds is 3. The molecule has 0 bridgehead atoms. The lowest BCUT2D eigenvalue weighted by Crippen LogP contribution is -2.11. The molecule has 1 aliphatic heterocycles. The predicted molar refractivity (Wildman–Crippen MR) is 75.9 cm³/mol. The molecule has 0 saturated heterocycles. The van der Waals surface area contributed by atoms with E-state index in [-0.39, 0.29) is 6.61 Å². The molecular formula is C15H15O4P. The Labute approximate surface area is 117 Å². The number of aryl methyl sites for hydroxylation is 1. The van der Waals surface area contributed by atoms with Crippen molar-refractivity contribution in [3.05, 3.63) is 59.7 Å². The van der Waals surface area contributed by atoms with Gasteiger partial charge in [-0.2, -0.15) is 0 Å². The second-order valence-corrected chi connectivity index (χ2v) is 6.03. The molecule has 0 saturated carbocycles. The van der Waals surface area contributed by atoms with Crippen LogP contribution in [0, 0.1) is 0 Å². The van der Waals surface area contributed by atoms with Gasteiger partial charge in [-0.25, -0.2) is 4.57 Å². The van der Waals surface area contributed by atoms with Crippen LogP contribution in [0.5, 0.6) is 11.5 Å². The summed E-state index contributed by atoms with van der Waals surface area (Å²) in [6, 6.07) is 14.7. The molecule has 20 heavy (non-hydrogen) atoms. The second-order valence-electron chi connectivity index (χ2n) is 4.51. The predicted octanol–water partition coefficient (Wildman–Crippen LogP) is 4.35. The molecule has 0 fully saturated rings. The van der Waals surface area contributed by atoms with Crippen molar-refractivity contribution in [2.24, 2.45) is 0 Å². The van der Waals surface area contributed by atoms with Crippen LogP contribution < -0.4 is 9.05 Å². The first kappa shape index (κ1) is 13.2. The highest BCUT2D eigenvalue weighted by molar-refractivity contribution is 7.49. The lowest BCUT2D eigenvalue weighted by molar-refractivity contribution is 0.181. The summed E-state index contributed by atoms with van der Waals surface area (Å²) in [6.07, 6.45) is 0.943. The zero-order valence-electron chi connectivity index (χ0n) is 11.1. The highest BCUT2D eigenvalue weighted by Crippen LogP contribution is 2.54. The Bertz CT molecular complexity index is 651. The number of phosphoric ester groups is 1. The van der Waals surface area contributed by atoms with E-state index in [1.54, 1.807) is 18.2 Å². The molecule has 1 heterocycles. The fourth-order valence-electron chi connectivity index (χ4n) is 1.97. The molecular weight excluding hydrogens is 275 g/mol. The Balaban J connectivity index is 1.78. The van der Waals surface area contributed by atoms with Gasteiger partial charge in [-0.3, -0.25) is 4.52 Å². The maximum absolute atomic E-state index is 12.5. The second kappa shape index (κ2) is 5.31. The molecule has 2 aromatic rings. The van der Waals surface area contributed by atoms with Gasteiger partial charge in [-0.15, -0.1) is 0 Å². The van der Waals surface area contributed by atoms with Gasteiger partial charge >= 0.3 is 7.82 Å². The average Bonchev–Trinajstić information content (AvgIpc) is 2.47. The Morgan fingerprint density at radius 3 is 2.65 bits per heavy atom. The summed E-state index contributed by atoms with van der Waals surface area (Å²) in [4.78, 5) is 0. The molecule has 0 N–H and O–H groups in total. The summed E-state index contributed by atoms with van der Waals surface area (Å²) in [6.45, 7) is 2.29. The number of phosphoric acid groups is 1. The molecule has 5 heteroatoms. The number of hydrogen-bond acceptors (Lipinski definition) is 4. The van der Waals surface area contributed by atoms with Crippen LogP contribution in [0.4, 0.5) is 0 Å². The Hall–Kier alpha value is -1.77. The van der Waals surface area contributed by atoms with E-state index in [0.717, 1.165) is 12.0 Å². The third kappa shape index (κ3) is 2.72. The largest absolute Gasteiger partial charge is 0.587 e. The summed E-state index contributed by atoms with van der Waals surface area (Å²) in [5.41, 5.74) is 2.05. The number of benzene rings is 2. The van der Waals surface area contributed by atoms with E-state index >= 15 is 0 Å². The van der Waals surface area contributed by atoms with Crippen LogP contribution in [0.2, 0.25) is 0 Å². The smallest absolute Gasteiger partial charge is 0.395 e. The summed E-state index contributed by atoms with van der Waals surface area (Å²) < 4.78 is 28.5. The van der Waals surface area contributed by atoms with Gasteiger partial charge in [0.25, 0.3) is 0 Å². The van der Waals surface area contributed by atoms with Crippen molar-refractivity contribution < 1.29 is 18.1 Å². The minimum absolute atomic E-state index is 0.223. The van der Waals surface area contributed by atoms with Crippen molar-refractivity contribution in [2.75, 3.05) is 0 Å².